The molecular weight excluding hydrogens is 350 g/mol. The van der Waals surface area contributed by atoms with E-state index in [4.69, 9.17) is 0 Å². The number of pyridine rings is 1. The number of fused-ring (bicyclic) bond motifs is 1. The monoisotopic (exact) mass is 365 g/mol. The lowest BCUT2D eigenvalue weighted by Gasteiger charge is -2.02. The highest BCUT2D eigenvalue weighted by molar-refractivity contribution is 7.14. The molecule has 0 saturated carbocycles. The third kappa shape index (κ3) is 2.91. The first-order chi connectivity index (χ1) is 12.5. The van der Waals surface area contributed by atoms with Crippen molar-refractivity contribution in [3.8, 4) is 11.4 Å². The lowest BCUT2D eigenvalue weighted by Crippen LogP contribution is -1.93. The third-order valence-electron chi connectivity index (χ3n) is 4.01. The first-order valence-corrected chi connectivity index (χ1v) is 8.82. The van der Waals surface area contributed by atoms with E-state index in [0.717, 1.165) is 28.3 Å². The van der Waals surface area contributed by atoms with Gasteiger partial charge >= 0.3 is 0 Å². The number of thiazole rings is 1. The van der Waals surface area contributed by atoms with Crippen molar-refractivity contribution in [1.29, 1.82) is 0 Å². The SMILES string of the molecule is Cc1ccn2c(-c3csc(Nc4cccc([N+](=O)[O-])c4)n3)c(C)nc2c1. The van der Waals surface area contributed by atoms with E-state index in [-0.39, 0.29) is 5.69 Å². The summed E-state index contributed by atoms with van der Waals surface area (Å²) in [5.74, 6) is 0. The van der Waals surface area contributed by atoms with E-state index in [1.54, 1.807) is 12.1 Å². The average molecular weight is 365 g/mol. The summed E-state index contributed by atoms with van der Waals surface area (Å²) >= 11 is 1.44. The van der Waals surface area contributed by atoms with Gasteiger partial charge in [-0.3, -0.25) is 14.5 Å². The number of aryl methyl sites for hydroxylation is 2. The van der Waals surface area contributed by atoms with Crippen LogP contribution in [0.1, 0.15) is 11.3 Å². The van der Waals surface area contributed by atoms with Crippen molar-refractivity contribution in [3.05, 3.63) is 69.3 Å². The van der Waals surface area contributed by atoms with Crippen molar-refractivity contribution in [2.45, 2.75) is 13.8 Å². The molecule has 0 radical (unpaired) electrons. The fraction of sp³-hybridized carbons (Fsp3) is 0.111. The van der Waals surface area contributed by atoms with Gasteiger partial charge in [-0.15, -0.1) is 11.3 Å². The average Bonchev–Trinajstić information content (AvgIpc) is 3.17. The molecule has 0 aliphatic heterocycles. The van der Waals surface area contributed by atoms with Gasteiger partial charge in [0.1, 0.15) is 11.3 Å². The van der Waals surface area contributed by atoms with Crippen LogP contribution in [-0.4, -0.2) is 19.3 Å². The van der Waals surface area contributed by atoms with E-state index in [2.05, 4.69) is 15.3 Å². The Balaban J connectivity index is 1.68. The van der Waals surface area contributed by atoms with Crippen LogP contribution in [0.4, 0.5) is 16.5 Å². The Labute approximate surface area is 153 Å². The van der Waals surface area contributed by atoms with E-state index >= 15 is 0 Å². The molecule has 0 amide bonds. The summed E-state index contributed by atoms with van der Waals surface area (Å²) in [6.45, 7) is 4.00. The van der Waals surface area contributed by atoms with Gasteiger partial charge in [0, 0.05) is 29.4 Å². The predicted molar refractivity (Wildman–Crippen MR) is 102 cm³/mol. The van der Waals surface area contributed by atoms with Crippen LogP contribution in [0.3, 0.4) is 0 Å². The van der Waals surface area contributed by atoms with Crippen LogP contribution < -0.4 is 5.32 Å². The molecule has 26 heavy (non-hydrogen) atoms. The quantitative estimate of drug-likeness (QED) is 0.417. The molecule has 0 saturated heterocycles. The molecule has 8 heteroatoms. The molecule has 4 rings (SSSR count). The molecule has 7 nitrogen and oxygen atoms in total. The van der Waals surface area contributed by atoms with Crippen molar-refractivity contribution in [3.63, 3.8) is 0 Å². The zero-order chi connectivity index (χ0) is 18.3. The van der Waals surface area contributed by atoms with Crippen LogP contribution in [0.5, 0.6) is 0 Å². The summed E-state index contributed by atoms with van der Waals surface area (Å²) in [4.78, 5) is 19.7. The number of nitrogens with zero attached hydrogens (tertiary/aromatic N) is 4. The Morgan fingerprint density at radius 3 is 2.85 bits per heavy atom. The minimum absolute atomic E-state index is 0.0415. The van der Waals surface area contributed by atoms with Gasteiger partial charge in [-0.2, -0.15) is 0 Å². The lowest BCUT2D eigenvalue weighted by atomic mass is 10.2. The van der Waals surface area contributed by atoms with Crippen LogP contribution in [0.15, 0.2) is 48.0 Å². The Morgan fingerprint density at radius 1 is 1.19 bits per heavy atom. The standard InChI is InChI=1S/C18H15N5O2S/c1-11-6-7-22-16(8-11)19-12(2)17(22)15-10-26-18(21-15)20-13-4-3-5-14(9-13)23(24)25/h3-10H,1-2H3,(H,20,21). The summed E-state index contributed by atoms with van der Waals surface area (Å²) in [5.41, 5.74) is 5.38. The lowest BCUT2D eigenvalue weighted by molar-refractivity contribution is -0.384. The summed E-state index contributed by atoms with van der Waals surface area (Å²) < 4.78 is 2.02. The van der Waals surface area contributed by atoms with Gasteiger partial charge < -0.3 is 5.32 Å². The molecule has 0 aliphatic carbocycles. The van der Waals surface area contributed by atoms with Gasteiger partial charge in [-0.25, -0.2) is 9.97 Å². The molecule has 0 bridgehead atoms. The maximum Gasteiger partial charge on any atom is 0.271 e. The second-order valence-electron chi connectivity index (χ2n) is 5.95. The van der Waals surface area contributed by atoms with E-state index in [0.29, 0.717) is 10.8 Å². The highest BCUT2D eigenvalue weighted by atomic mass is 32.1. The first kappa shape index (κ1) is 16.2. The number of imidazole rings is 1. The van der Waals surface area contributed by atoms with Crippen LogP contribution in [0, 0.1) is 24.0 Å². The fourth-order valence-electron chi connectivity index (χ4n) is 2.83. The molecule has 0 fully saturated rings. The summed E-state index contributed by atoms with van der Waals surface area (Å²) in [6, 6.07) is 10.4. The second-order valence-corrected chi connectivity index (χ2v) is 6.81. The van der Waals surface area contributed by atoms with Gasteiger partial charge in [0.2, 0.25) is 0 Å². The normalized spacial score (nSPS) is 11.0. The van der Waals surface area contributed by atoms with Crippen LogP contribution >= 0.6 is 11.3 Å². The minimum Gasteiger partial charge on any atom is -0.331 e. The van der Waals surface area contributed by atoms with Crippen molar-refractivity contribution in [2.75, 3.05) is 5.32 Å². The number of anilines is 2. The third-order valence-corrected chi connectivity index (χ3v) is 4.77. The number of nitro groups is 1. The summed E-state index contributed by atoms with van der Waals surface area (Å²) in [7, 11) is 0. The number of hydrogen-bond donors (Lipinski definition) is 1. The minimum atomic E-state index is -0.414. The number of non-ortho nitro benzene ring substituents is 1. The predicted octanol–water partition coefficient (Wildman–Crippen LogP) is 4.73. The molecule has 1 aromatic carbocycles. The second kappa shape index (κ2) is 6.23. The van der Waals surface area contributed by atoms with Gasteiger partial charge in [0.25, 0.3) is 5.69 Å². The van der Waals surface area contributed by atoms with Gasteiger partial charge in [0.15, 0.2) is 5.13 Å². The number of nitro benzene ring substituents is 1. The van der Waals surface area contributed by atoms with Crippen LogP contribution in [0.25, 0.3) is 17.0 Å². The van der Waals surface area contributed by atoms with Crippen LogP contribution in [0.2, 0.25) is 0 Å². The number of benzene rings is 1. The van der Waals surface area contributed by atoms with E-state index in [9.17, 15) is 10.1 Å². The molecule has 1 N–H and O–H groups in total. The molecule has 3 aromatic heterocycles. The van der Waals surface area contributed by atoms with E-state index < -0.39 is 4.92 Å². The zero-order valence-corrected chi connectivity index (χ0v) is 14.9. The largest absolute Gasteiger partial charge is 0.331 e. The Bertz CT molecular complexity index is 1130. The maximum atomic E-state index is 10.9. The Hall–Kier alpha value is -3.26. The molecular formula is C18H15N5O2S. The highest BCUT2D eigenvalue weighted by Crippen LogP contribution is 2.30. The van der Waals surface area contributed by atoms with Gasteiger partial charge in [-0.05, 0) is 37.6 Å². The Morgan fingerprint density at radius 2 is 2.04 bits per heavy atom. The smallest absolute Gasteiger partial charge is 0.271 e. The van der Waals surface area contributed by atoms with E-state index in [1.165, 1.54) is 23.5 Å². The molecule has 0 spiro atoms. The molecule has 130 valence electrons. The molecule has 0 atom stereocenters. The first-order valence-electron chi connectivity index (χ1n) is 7.94. The van der Waals surface area contributed by atoms with Crippen molar-refractivity contribution < 1.29 is 4.92 Å². The van der Waals surface area contributed by atoms with Crippen molar-refractivity contribution in [2.24, 2.45) is 0 Å². The number of nitrogens with one attached hydrogen (secondary N) is 1. The molecule has 0 unspecified atom stereocenters. The number of hydrogen-bond acceptors (Lipinski definition) is 6. The van der Waals surface area contributed by atoms with E-state index in [1.807, 2.05) is 42.0 Å². The molecule has 0 aliphatic rings. The Kier molecular flexibility index (Phi) is 3.89. The number of rotatable bonds is 4. The highest BCUT2D eigenvalue weighted by Gasteiger charge is 2.15. The zero-order valence-electron chi connectivity index (χ0n) is 14.1. The summed E-state index contributed by atoms with van der Waals surface area (Å²) in [5, 5.41) is 16.7. The van der Waals surface area contributed by atoms with Crippen molar-refractivity contribution in [1.82, 2.24) is 14.4 Å². The molecule has 3 heterocycles. The maximum absolute atomic E-state index is 10.9. The van der Waals surface area contributed by atoms with Gasteiger partial charge in [0.05, 0.1) is 16.3 Å². The summed E-state index contributed by atoms with van der Waals surface area (Å²) in [6.07, 6.45) is 1.99. The van der Waals surface area contributed by atoms with Gasteiger partial charge in [-0.1, -0.05) is 6.07 Å². The fourth-order valence-corrected chi connectivity index (χ4v) is 3.55. The van der Waals surface area contributed by atoms with Crippen LogP contribution in [-0.2, 0) is 0 Å². The van der Waals surface area contributed by atoms with Crippen molar-refractivity contribution >= 4 is 33.5 Å². The molecule has 4 aromatic rings. The number of aromatic nitrogens is 3. The topological polar surface area (TPSA) is 85.4 Å².